The van der Waals surface area contributed by atoms with Crippen LogP contribution in [-0.4, -0.2) is 17.8 Å². The average Bonchev–Trinajstić information content (AvgIpc) is 1.89. The van der Waals surface area contributed by atoms with Gasteiger partial charge in [-0.05, 0) is 6.92 Å². The highest BCUT2D eigenvalue weighted by Gasteiger charge is 1.81. The summed E-state index contributed by atoms with van der Waals surface area (Å²) in [6.07, 6.45) is 1.24. The van der Waals surface area contributed by atoms with E-state index in [0.29, 0.717) is 6.61 Å². The lowest BCUT2D eigenvalue weighted by Crippen LogP contribution is -1.95. The summed E-state index contributed by atoms with van der Waals surface area (Å²) < 4.78 is 4.40. The van der Waals surface area contributed by atoms with Gasteiger partial charge >= 0.3 is 5.97 Å². The molecule has 0 fully saturated rings. The van der Waals surface area contributed by atoms with Crippen LogP contribution >= 0.6 is 0 Å². The fourth-order valence-corrected chi connectivity index (χ4v) is 0.203. The molecule has 0 aromatic carbocycles. The van der Waals surface area contributed by atoms with Crippen molar-refractivity contribution >= 4 is 5.97 Å². The molecule has 5 nitrogen and oxygen atoms in total. The topological polar surface area (TPSA) is 82.4 Å². The number of nitrogens with one attached hydrogen (secondary N) is 1. The molecular formula is C5H10N2O3. The Labute approximate surface area is 59.2 Å². The van der Waals surface area contributed by atoms with Crippen molar-refractivity contribution < 1.29 is 14.7 Å². The van der Waals surface area contributed by atoms with Crippen LogP contribution in [0.1, 0.15) is 13.8 Å². The van der Waals surface area contributed by atoms with Gasteiger partial charge < -0.3 is 4.74 Å². The number of ether oxygens (including phenoxy) is 1. The maximum Gasteiger partial charge on any atom is 0.302 e. The van der Waals surface area contributed by atoms with E-state index >= 15 is 0 Å². The van der Waals surface area contributed by atoms with Gasteiger partial charge in [0.05, 0.1) is 6.61 Å². The molecule has 0 heterocycles. The van der Waals surface area contributed by atoms with Crippen molar-refractivity contribution in [3.8, 4) is 6.19 Å². The van der Waals surface area contributed by atoms with E-state index in [0.717, 1.165) is 0 Å². The van der Waals surface area contributed by atoms with Crippen molar-refractivity contribution in [2.45, 2.75) is 13.8 Å². The zero-order valence-electron chi connectivity index (χ0n) is 5.92. The Morgan fingerprint density at radius 1 is 1.90 bits per heavy atom. The Bertz CT molecular complexity index is 119. The Morgan fingerprint density at radius 2 is 2.30 bits per heavy atom. The Hall–Kier alpha value is -1.28. The molecule has 0 amide bonds. The molecule has 0 aromatic heterocycles. The number of carbonyl (C=O) groups excluding carboxylic acids is 1. The van der Waals surface area contributed by atoms with Gasteiger partial charge in [-0.3, -0.25) is 10.0 Å². The molecule has 0 aromatic rings. The van der Waals surface area contributed by atoms with Crippen LogP contribution in [0.2, 0.25) is 0 Å². The van der Waals surface area contributed by atoms with Crippen LogP contribution in [0.4, 0.5) is 0 Å². The number of nitrogens with zero attached hydrogens (tertiary/aromatic N) is 1. The minimum Gasteiger partial charge on any atom is -0.466 e. The molecule has 0 radical (unpaired) electrons. The van der Waals surface area contributed by atoms with Gasteiger partial charge in [-0.2, -0.15) is 5.26 Å². The molecule has 10 heavy (non-hydrogen) atoms. The Balaban J connectivity index is 0. The summed E-state index contributed by atoms with van der Waals surface area (Å²) in [5.41, 5.74) is 1.24. The molecule has 0 rings (SSSR count). The second kappa shape index (κ2) is 10.7. The average molecular weight is 146 g/mol. The molecular weight excluding hydrogens is 136 g/mol. The summed E-state index contributed by atoms with van der Waals surface area (Å²) in [6.45, 7) is 3.65. The fraction of sp³-hybridized carbons (Fsp3) is 0.600. The van der Waals surface area contributed by atoms with Gasteiger partial charge in [0.25, 0.3) is 0 Å². The van der Waals surface area contributed by atoms with Gasteiger partial charge in [-0.1, -0.05) is 0 Å². The van der Waals surface area contributed by atoms with E-state index < -0.39 is 0 Å². The second-order valence-corrected chi connectivity index (χ2v) is 1.15. The Kier molecular flexibility index (Phi) is 12.3. The fourth-order valence-electron chi connectivity index (χ4n) is 0.203. The summed E-state index contributed by atoms with van der Waals surface area (Å²) >= 11 is 0. The van der Waals surface area contributed by atoms with Crippen molar-refractivity contribution in [1.29, 1.82) is 5.26 Å². The lowest BCUT2D eigenvalue weighted by Gasteiger charge is -1.89. The molecule has 0 aliphatic heterocycles. The van der Waals surface area contributed by atoms with Crippen LogP contribution in [0.15, 0.2) is 0 Å². The van der Waals surface area contributed by atoms with Gasteiger partial charge in [-0.25, -0.2) is 5.48 Å². The number of hydrogen-bond donors (Lipinski definition) is 2. The largest absolute Gasteiger partial charge is 0.466 e. The highest BCUT2D eigenvalue weighted by Crippen LogP contribution is 1.69. The van der Waals surface area contributed by atoms with Crippen LogP contribution in [0.3, 0.4) is 0 Å². The van der Waals surface area contributed by atoms with Crippen molar-refractivity contribution in [2.24, 2.45) is 0 Å². The molecule has 0 bridgehead atoms. The highest BCUT2D eigenvalue weighted by molar-refractivity contribution is 5.65. The number of nitriles is 1. The lowest BCUT2D eigenvalue weighted by atomic mass is 10.8. The summed E-state index contributed by atoms with van der Waals surface area (Å²) in [6, 6.07) is 0. The van der Waals surface area contributed by atoms with Gasteiger partial charge in [0.15, 0.2) is 0 Å². The van der Waals surface area contributed by atoms with Crippen molar-refractivity contribution in [1.82, 2.24) is 5.48 Å². The van der Waals surface area contributed by atoms with Crippen LogP contribution in [0, 0.1) is 11.5 Å². The third-order valence-corrected chi connectivity index (χ3v) is 0.398. The number of rotatable bonds is 1. The SMILES string of the molecule is CCOC(C)=O.N#CNO. The smallest absolute Gasteiger partial charge is 0.302 e. The van der Waals surface area contributed by atoms with E-state index in [2.05, 4.69) is 4.74 Å². The van der Waals surface area contributed by atoms with Crippen LogP contribution < -0.4 is 5.48 Å². The predicted octanol–water partition coefficient (Wildman–Crippen LogP) is 0.0157. The van der Waals surface area contributed by atoms with E-state index in [1.807, 2.05) is 0 Å². The molecule has 0 aliphatic carbocycles. The van der Waals surface area contributed by atoms with Gasteiger partial charge in [0.1, 0.15) is 0 Å². The van der Waals surface area contributed by atoms with E-state index in [1.165, 1.54) is 18.6 Å². The van der Waals surface area contributed by atoms with E-state index in [1.54, 1.807) is 6.92 Å². The molecule has 0 saturated heterocycles. The lowest BCUT2D eigenvalue weighted by molar-refractivity contribution is -0.140. The first kappa shape index (κ1) is 11.5. The zero-order chi connectivity index (χ0) is 8.41. The summed E-state index contributed by atoms with van der Waals surface area (Å²) in [5.74, 6) is -0.211. The highest BCUT2D eigenvalue weighted by atomic mass is 16.5. The van der Waals surface area contributed by atoms with Gasteiger partial charge in [-0.15, -0.1) is 0 Å². The quantitative estimate of drug-likeness (QED) is 0.236. The minimum absolute atomic E-state index is 0.211. The van der Waals surface area contributed by atoms with Crippen molar-refractivity contribution in [2.75, 3.05) is 6.61 Å². The molecule has 0 atom stereocenters. The summed E-state index contributed by atoms with van der Waals surface area (Å²) in [5, 5.41) is 14.5. The normalized spacial score (nSPS) is 6.20. The first-order valence-electron chi connectivity index (χ1n) is 2.60. The molecule has 2 N–H and O–H groups in total. The van der Waals surface area contributed by atoms with Crippen LogP contribution in [0.25, 0.3) is 0 Å². The molecule has 0 unspecified atom stereocenters. The number of hydroxylamine groups is 1. The summed E-state index contributed by atoms with van der Waals surface area (Å²) in [7, 11) is 0. The molecule has 5 heteroatoms. The predicted molar refractivity (Wildman–Crippen MR) is 32.8 cm³/mol. The van der Waals surface area contributed by atoms with Crippen LogP contribution in [0.5, 0.6) is 0 Å². The van der Waals surface area contributed by atoms with Gasteiger partial charge in [0.2, 0.25) is 6.19 Å². The van der Waals surface area contributed by atoms with E-state index in [9.17, 15) is 4.79 Å². The van der Waals surface area contributed by atoms with E-state index in [-0.39, 0.29) is 5.97 Å². The van der Waals surface area contributed by atoms with Crippen molar-refractivity contribution in [3.63, 3.8) is 0 Å². The first-order chi connectivity index (χ1) is 4.68. The second-order valence-electron chi connectivity index (χ2n) is 1.15. The third-order valence-electron chi connectivity index (χ3n) is 0.398. The van der Waals surface area contributed by atoms with Gasteiger partial charge in [0, 0.05) is 6.92 Å². The summed E-state index contributed by atoms with van der Waals surface area (Å²) in [4.78, 5) is 9.82. The number of esters is 1. The molecule has 58 valence electrons. The Morgan fingerprint density at radius 3 is 2.30 bits per heavy atom. The third kappa shape index (κ3) is 29.7. The standard InChI is InChI=1S/C4H8O2.CH2N2O/c1-3-6-4(2)5;2-1-3-4/h3H2,1-2H3;3-4H. The maximum atomic E-state index is 9.82. The maximum absolute atomic E-state index is 9.82. The minimum atomic E-state index is -0.211. The molecule has 0 spiro atoms. The molecule has 0 saturated carbocycles. The monoisotopic (exact) mass is 146 g/mol. The van der Waals surface area contributed by atoms with E-state index in [4.69, 9.17) is 10.5 Å². The van der Waals surface area contributed by atoms with Crippen LogP contribution in [-0.2, 0) is 9.53 Å². The molecule has 0 aliphatic rings. The zero-order valence-corrected chi connectivity index (χ0v) is 5.92. The first-order valence-corrected chi connectivity index (χ1v) is 2.60. The van der Waals surface area contributed by atoms with Crippen molar-refractivity contribution in [3.05, 3.63) is 0 Å². The number of carbonyl (C=O) groups is 1. The number of hydrogen-bond acceptors (Lipinski definition) is 5.